The first kappa shape index (κ1) is 26.5. The second-order valence-electron chi connectivity index (χ2n) is 8.17. The van der Waals surface area contributed by atoms with Gasteiger partial charge >= 0.3 is 0 Å². The summed E-state index contributed by atoms with van der Waals surface area (Å²) in [5, 5.41) is 0. The minimum absolute atomic E-state index is 0.0348. The zero-order chi connectivity index (χ0) is 23.6. The molecule has 2 N–H and O–H groups in total. The molecule has 0 atom stereocenters. The second kappa shape index (κ2) is 12.5. The molecule has 0 aromatic heterocycles. The number of unbranched alkanes of at least 4 members (excludes halogenated alkanes) is 9. The van der Waals surface area contributed by atoms with Crippen LogP contribution in [-0.4, -0.2) is 25.9 Å². The van der Waals surface area contributed by atoms with Crippen LogP contribution in [0.15, 0.2) is 52.3 Å². The van der Waals surface area contributed by atoms with Crippen LogP contribution in [0.5, 0.6) is 0 Å². The van der Waals surface area contributed by atoms with Crippen molar-refractivity contribution in [2.75, 3.05) is 0 Å². The fourth-order valence-electron chi connectivity index (χ4n) is 4.02. The van der Waals surface area contributed by atoms with Crippen molar-refractivity contribution in [3.05, 3.63) is 48.0 Å². The highest BCUT2D eigenvalue weighted by atomic mass is 32.2. The van der Waals surface area contributed by atoms with Gasteiger partial charge in [0.1, 0.15) is 9.79 Å². The molecule has 0 amide bonds. The standard InChI is InChI=1S/C24H34O6S2/c1-2-3-4-5-6-7-8-9-10-11-15-20-16-14-18-22(24(20)32(28,29)30)21-17-12-13-19-23(21)31(25,26)27/h12-14,16-19H,2-11,15H2,1H3,(H,25,26,27)(H,28,29,30). The van der Waals surface area contributed by atoms with Crippen molar-refractivity contribution in [3.8, 4) is 11.1 Å². The average Bonchev–Trinajstić information content (AvgIpc) is 2.73. The highest BCUT2D eigenvalue weighted by Gasteiger charge is 2.25. The van der Waals surface area contributed by atoms with Crippen molar-refractivity contribution in [3.63, 3.8) is 0 Å². The first-order valence-electron chi connectivity index (χ1n) is 11.3. The van der Waals surface area contributed by atoms with Crippen molar-refractivity contribution in [1.82, 2.24) is 0 Å². The van der Waals surface area contributed by atoms with Crippen molar-refractivity contribution in [2.24, 2.45) is 0 Å². The molecular weight excluding hydrogens is 448 g/mol. The average molecular weight is 483 g/mol. The quantitative estimate of drug-likeness (QED) is 0.241. The summed E-state index contributed by atoms with van der Waals surface area (Å²) in [6.07, 6.45) is 12.0. The molecular formula is C24H34O6S2. The maximum atomic E-state index is 12.2. The Morgan fingerprint density at radius 1 is 0.625 bits per heavy atom. The monoisotopic (exact) mass is 482 g/mol. The molecule has 0 radical (unpaired) electrons. The minimum Gasteiger partial charge on any atom is -0.282 e. The van der Waals surface area contributed by atoms with E-state index in [0.29, 0.717) is 12.0 Å². The van der Waals surface area contributed by atoms with Gasteiger partial charge in [0.05, 0.1) is 0 Å². The molecule has 8 heteroatoms. The van der Waals surface area contributed by atoms with Gasteiger partial charge in [-0.3, -0.25) is 9.11 Å². The molecule has 0 heterocycles. The lowest BCUT2D eigenvalue weighted by Crippen LogP contribution is -2.08. The van der Waals surface area contributed by atoms with Crippen molar-refractivity contribution < 1.29 is 25.9 Å². The molecule has 0 unspecified atom stereocenters. The zero-order valence-corrected chi connectivity index (χ0v) is 20.3. The molecule has 2 aromatic rings. The van der Waals surface area contributed by atoms with E-state index in [0.717, 1.165) is 25.7 Å². The molecule has 178 valence electrons. The van der Waals surface area contributed by atoms with Gasteiger partial charge < -0.3 is 0 Å². The van der Waals surface area contributed by atoms with Crippen LogP contribution in [-0.2, 0) is 26.7 Å². The lowest BCUT2D eigenvalue weighted by Gasteiger charge is -2.15. The molecule has 0 spiro atoms. The minimum atomic E-state index is -4.61. The van der Waals surface area contributed by atoms with Crippen molar-refractivity contribution in [1.29, 1.82) is 0 Å². The van der Waals surface area contributed by atoms with E-state index < -0.39 is 25.1 Å². The third-order valence-corrected chi connectivity index (χ3v) is 7.52. The third kappa shape index (κ3) is 7.99. The molecule has 0 fully saturated rings. The Hall–Kier alpha value is -1.74. The van der Waals surface area contributed by atoms with Crippen molar-refractivity contribution >= 4 is 20.2 Å². The smallest absolute Gasteiger partial charge is 0.282 e. The van der Waals surface area contributed by atoms with Crippen LogP contribution >= 0.6 is 0 Å². The van der Waals surface area contributed by atoms with E-state index in [1.807, 2.05) is 0 Å². The molecule has 0 aliphatic rings. The predicted molar refractivity (Wildman–Crippen MR) is 127 cm³/mol. The SMILES string of the molecule is CCCCCCCCCCCCc1cccc(-c2ccccc2S(=O)(=O)O)c1S(=O)(=O)O. The number of hydrogen-bond acceptors (Lipinski definition) is 4. The van der Waals surface area contributed by atoms with Gasteiger partial charge in [0.15, 0.2) is 0 Å². The summed E-state index contributed by atoms with van der Waals surface area (Å²) in [5.74, 6) is 0. The Balaban J connectivity index is 2.12. The van der Waals surface area contributed by atoms with Gasteiger partial charge in [0.25, 0.3) is 20.2 Å². The summed E-state index contributed by atoms with van der Waals surface area (Å²) in [6.45, 7) is 2.20. The normalized spacial score (nSPS) is 12.2. The van der Waals surface area contributed by atoms with Gasteiger partial charge in [-0.05, 0) is 24.5 Å². The highest BCUT2D eigenvalue weighted by molar-refractivity contribution is 7.86. The summed E-state index contributed by atoms with van der Waals surface area (Å²) in [5.41, 5.74) is 0.535. The number of benzene rings is 2. The Morgan fingerprint density at radius 3 is 1.72 bits per heavy atom. The van der Waals surface area contributed by atoms with Crippen LogP contribution in [0, 0.1) is 0 Å². The van der Waals surface area contributed by atoms with Gasteiger partial charge in [-0.25, -0.2) is 0 Å². The molecule has 6 nitrogen and oxygen atoms in total. The highest BCUT2D eigenvalue weighted by Crippen LogP contribution is 2.35. The summed E-state index contributed by atoms with van der Waals surface area (Å²) in [4.78, 5) is -0.701. The van der Waals surface area contributed by atoms with E-state index in [1.165, 1.54) is 62.8 Å². The van der Waals surface area contributed by atoms with Gasteiger partial charge in [0.2, 0.25) is 0 Å². The van der Waals surface area contributed by atoms with Crippen LogP contribution in [0.1, 0.15) is 76.7 Å². The van der Waals surface area contributed by atoms with E-state index in [4.69, 9.17) is 0 Å². The Morgan fingerprint density at radius 2 is 1.16 bits per heavy atom. The van der Waals surface area contributed by atoms with Gasteiger partial charge in [-0.15, -0.1) is 0 Å². The molecule has 32 heavy (non-hydrogen) atoms. The second-order valence-corrected chi connectivity index (χ2v) is 10.9. The molecule has 0 bridgehead atoms. The van der Waals surface area contributed by atoms with Crippen molar-refractivity contribution in [2.45, 2.75) is 87.3 Å². The lowest BCUT2D eigenvalue weighted by molar-refractivity contribution is 0.479. The van der Waals surface area contributed by atoms with Gasteiger partial charge in [-0.1, -0.05) is 101 Å². The van der Waals surface area contributed by atoms with E-state index in [1.54, 1.807) is 18.2 Å². The summed E-state index contributed by atoms with van der Waals surface area (Å²) in [7, 11) is -9.18. The predicted octanol–water partition coefficient (Wildman–Crippen LogP) is 6.31. The fourth-order valence-corrected chi connectivity index (χ4v) is 5.68. The van der Waals surface area contributed by atoms with Crippen LogP contribution < -0.4 is 0 Å². The molecule has 0 saturated carbocycles. The largest absolute Gasteiger partial charge is 0.295 e. The summed E-state index contributed by atoms with van der Waals surface area (Å²) in [6, 6.07) is 10.3. The Kier molecular flexibility index (Phi) is 10.3. The molecule has 0 saturated heterocycles. The maximum Gasteiger partial charge on any atom is 0.295 e. The molecule has 0 aliphatic heterocycles. The van der Waals surface area contributed by atoms with Crippen LogP contribution in [0.25, 0.3) is 11.1 Å². The first-order valence-corrected chi connectivity index (χ1v) is 14.2. The summed E-state index contributed by atoms with van der Waals surface area (Å²) < 4.78 is 67.5. The van der Waals surface area contributed by atoms with E-state index in [2.05, 4.69) is 6.92 Å². The molecule has 2 aromatic carbocycles. The van der Waals surface area contributed by atoms with Crippen LogP contribution in [0.4, 0.5) is 0 Å². The van der Waals surface area contributed by atoms with E-state index in [9.17, 15) is 25.9 Å². The van der Waals surface area contributed by atoms with Gasteiger partial charge in [0, 0.05) is 11.1 Å². The third-order valence-electron chi connectivity index (χ3n) is 5.61. The van der Waals surface area contributed by atoms with Crippen LogP contribution in [0.3, 0.4) is 0 Å². The summed E-state index contributed by atoms with van der Waals surface area (Å²) >= 11 is 0. The van der Waals surface area contributed by atoms with E-state index in [-0.39, 0.29) is 16.0 Å². The van der Waals surface area contributed by atoms with E-state index >= 15 is 0 Å². The molecule has 0 aliphatic carbocycles. The Bertz CT molecular complexity index is 1080. The Labute approximate surface area is 192 Å². The van der Waals surface area contributed by atoms with Crippen LogP contribution in [0.2, 0.25) is 0 Å². The lowest BCUT2D eigenvalue weighted by atomic mass is 9.99. The number of rotatable bonds is 14. The topological polar surface area (TPSA) is 109 Å². The number of hydrogen-bond donors (Lipinski definition) is 2. The van der Waals surface area contributed by atoms with Gasteiger partial charge in [-0.2, -0.15) is 16.8 Å². The molecule has 2 rings (SSSR count). The first-order chi connectivity index (χ1) is 15.2. The zero-order valence-electron chi connectivity index (χ0n) is 18.7. The fraction of sp³-hybridized carbons (Fsp3) is 0.500. The number of aryl methyl sites for hydroxylation is 1. The maximum absolute atomic E-state index is 12.2.